The highest BCUT2D eigenvalue weighted by Crippen LogP contribution is 2.35. The number of nitrogens with zero attached hydrogens (tertiary/aromatic N) is 3. The van der Waals surface area contributed by atoms with Crippen LogP contribution < -0.4 is 9.64 Å². The molecule has 8 heteroatoms. The SMILES string of the molecule is C[C@H]1O[C@H](COc2cccnc2)CN1c1ccc(C#N)c(C(F)(F)F)c1. The number of ether oxygens (including phenoxy) is 2. The number of hydrogen-bond donors (Lipinski definition) is 0. The van der Waals surface area contributed by atoms with Crippen LogP contribution >= 0.6 is 0 Å². The monoisotopic (exact) mass is 363 g/mol. The molecule has 1 aliphatic heterocycles. The Kier molecular flexibility index (Phi) is 5.00. The van der Waals surface area contributed by atoms with E-state index in [4.69, 9.17) is 14.7 Å². The normalized spacial score (nSPS) is 20.0. The van der Waals surface area contributed by atoms with Crippen LogP contribution in [0.1, 0.15) is 18.1 Å². The molecule has 2 aromatic rings. The van der Waals surface area contributed by atoms with Crippen LogP contribution in [0.4, 0.5) is 18.9 Å². The maximum absolute atomic E-state index is 13.2. The molecule has 0 saturated carbocycles. The average molecular weight is 363 g/mol. The molecule has 5 nitrogen and oxygen atoms in total. The number of aromatic nitrogens is 1. The van der Waals surface area contributed by atoms with E-state index in [9.17, 15) is 13.2 Å². The van der Waals surface area contributed by atoms with Crippen molar-refractivity contribution >= 4 is 5.69 Å². The predicted octanol–water partition coefficient (Wildman–Crippen LogP) is 3.60. The number of nitriles is 1. The predicted molar refractivity (Wildman–Crippen MR) is 87.6 cm³/mol. The summed E-state index contributed by atoms with van der Waals surface area (Å²) < 4.78 is 50.8. The molecule has 1 aliphatic rings. The second-order valence-corrected chi connectivity index (χ2v) is 5.85. The molecule has 0 unspecified atom stereocenters. The molecule has 1 fully saturated rings. The fourth-order valence-corrected chi connectivity index (χ4v) is 2.83. The summed E-state index contributed by atoms with van der Waals surface area (Å²) in [6.07, 6.45) is -2.09. The first-order valence-electron chi connectivity index (χ1n) is 7.95. The van der Waals surface area contributed by atoms with Gasteiger partial charge in [0.05, 0.1) is 29.9 Å². The fraction of sp³-hybridized carbons (Fsp3) is 0.333. The van der Waals surface area contributed by atoms with E-state index >= 15 is 0 Å². The van der Waals surface area contributed by atoms with Crippen molar-refractivity contribution in [2.24, 2.45) is 0 Å². The molecule has 0 spiro atoms. The van der Waals surface area contributed by atoms with Crippen LogP contribution in [0.15, 0.2) is 42.7 Å². The largest absolute Gasteiger partial charge is 0.489 e. The van der Waals surface area contributed by atoms with Gasteiger partial charge in [-0.25, -0.2) is 0 Å². The van der Waals surface area contributed by atoms with E-state index in [1.165, 1.54) is 12.1 Å². The highest BCUT2D eigenvalue weighted by atomic mass is 19.4. The first-order chi connectivity index (χ1) is 12.4. The number of anilines is 1. The van der Waals surface area contributed by atoms with Crippen molar-refractivity contribution in [2.45, 2.75) is 25.4 Å². The van der Waals surface area contributed by atoms with E-state index < -0.39 is 23.5 Å². The van der Waals surface area contributed by atoms with E-state index in [1.54, 1.807) is 42.4 Å². The van der Waals surface area contributed by atoms with Crippen LogP contribution in [0.2, 0.25) is 0 Å². The molecule has 0 radical (unpaired) electrons. The fourth-order valence-electron chi connectivity index (χ4n) is 2.83. The zero-order valence-corrected chi connectivity index (χ0v) is 13.9. The van der Waals surface area contributed by atoms with Crippen molar-refractivity contribution in [3.8, 4) is 11.8 Å². The lowest BCUT2D eigenvalue weighted by Gasteiger charge is -2.23. The van der Waals surface area contributed by atoms with Gasteiger partial charge >= 0.3 is 6.18 Å². The van der Waals surface area contributed by atoms with Crippen molar-refractivity contribution in [1.29, 1.82) is 5.26 Å². The van der Waals surface area contributed by atoms with Gasteiger partial charge in [-0.2, -0.15) is 18.4 Å². The smallest absolute Gasteiger partial charge is 0.417 e. The Labute approximate surface area is 148 Å². The number of pyridine rings is 1. The Bertz CT molecular complexity index is 806. The summed E-state index contributed by atoms with van der Waals surface area (Å²) in [6.45, 7) is 2.40. The third-order valence-electron chi connectivity index (χ3n) is 4.06. The van der Waals surface area contributed by atoms with Crippen molar-refractivity contribution in [3.63, 3.8) is 0 Å². The first kappa shape index (κ1) is 18.0. The molecule has 26 heavy (non-hydrogen) atoms. The van der Waals surface area contributed by atoms with Gasteiger partial charge in [0.2, 0.25) is 0 Å². The highest BCUT2D eigenvalue weighted by Gasteiger charge is 2.36. The minimum atomic E-state index is -4.59. The molecule has 0 N–H and O–H groups in total. The van der Waals surface area contributed by atoms with E-state index in [0.29, 0.717) is 18.0 Å². The van der Waals surface area contributed by atoms with Crippen LogP contribution in [0.25, 0.3) is 0 Å². The van der Waals surface area contributed by atoms with Crippen molar-refractivity contribution in [2.75, 3.05) is 18.1 Å². The van der Waals surface area contributed by atoms with Gasteiger partial charge in [0.15, 0.2) is 0 Å². The van der Waals surface area contributed by atoms with Crippen molar-refractivity contribution in [3.05, 3.63) is 53.9 Å². The molecule has 2 heterocycles. The first-order valence-corrected chi connectivity index (χ1v) is 7.95. The van der Waals surface area contributed by atoms with Gasteiger partial charge < -0.3 is 14.4 Å². The zero-order chi connectivity index (χ0) is 18.7. The van der Waals surface area contributed by atoms with Crippen LogP contribution in [-0.4, -0.2) is 30.5 Å². The van der Waals surface area contributed by atoms with Crippen molar-refractivity contribution < 1.29 is 22.6 Å². The molecule has 1 aromatic carbocycles. The minimum absolute atomic E-state index is 0.259. The Morgan fingerprint density at radius 1 is 1.38 bits per heavy atom. The third-order valence-corrected chi connectivity index (χ3v) is 4.06. The summed E-state index contributed by atoms with van der Waals surface area (Å²) >= 11 is 0. The average Bonchev–Trinajstić information content (AvgIpc) is 3.00. The molecule has 136 valence electrons. The standard InChI is InChI=1S/C18H16F3N3O2/c1-12-24(10-16(26-12)11-25-15-3-2-6-23-9-15)14-5-4-13(8-22)17(7-14)18(19,20)21/h2-7,9,12,16H,10-11H2,1H3/t12-,16+/m1/s1. The number of hydrogen-bond acceptors (Lipinski definition) is 5. The minimum Gasteiger partial charge on any atom is -0.489 e. The molecule has 1 aromatic heterocycles. The molecule has 0 bridgehead atoms. The van der Waals surface area contributed by atoms with Crippen LogP contribution in [0.3, 0.4) is 0 Å². The van der Waals surface area contributed by atoms with E-state index in [-0.39, 0.29) is 12.7 Å². The van der Waals surface area contributed by atoms with Gasteiger partial charge in [-0.1, -0.05) is 0 Å². The van der Waals surface area contributed by atoms with Crippen LogP contribution in [-0.2, 0) is 10.9 Å². The Morgan fingerprint density at radius 2 is 2.19 bits per heavy atom. The second-order valence-electron chi connectivity index (χ2n) is 5.85. The van der Waals surface area contributed by atoms with Crippen molar-refractivity contribution in [1.82, 2.24) is 4.98 Å². The van der Waals surface area contributed by atoms with Crippen LogP contribution in [0, 0.1) is 11.3 Å². The third kappa shape index (κ3) is 3.89. The summed E-state index contributed by atoms with van der Waals surface area (Å²) in [5, 5.41) is 8.90. The zero-order valence-electron chi connectivity index (χ0n) is 13.9. The lowest BCUT2D eigenvalue weighted by atomic mass is 10.1. The summed E-state index contributed by atoms with van der Waals surface area (Å²) in [6, 6.07) is 8.76. The molecule has 0 aliphatic carbocycles. The molecule has 0 amide bonds. The molecular formula is C18H16F3N3O2. The molecule has 3 rings (SSSR count). The summed E-state index contributed by atoms with van der Waals surface area (Å²) in [4.78, 5) is 5.66. The second kappa shape index (κ2) is 7.22. The van der Waals surface area contributed by atoms with E-state index in [2.05, 4.69) is 4.98 Å². The molecular weight excluding hydrogens is 347 g/mol. The molecule has 1 saturated heterocycles. The number of rotatable bonds is 4. The maximum Gasteiger partial charge on any atom is 0.417 e. The molecule has 2 atom stereocenters. The van der Waals surface area contributed by atoms with Gasteiger partial charge in [-0.3, -0.25) is 4.98 Å². The summed E-state index contributed by atoms with van der Waals surface area (Å²) in [7, 11) is 0. The van der Waals surface area contributed by atoms with Gasteiger partial charge in [0, 0.05) is 11.9 Å². The van der Waals surface area contributed by atoms with E-state index in [0.717, 1.165) is 6.07 Å². The van der Waals surface area contributed by atoms with Gasteiger partial charge in [-0.15, -0.1) is 0 Å². The Balaban J connectivity index is 1.73. The summed E-state index contributed by atoms with van der Waals surface area (Å²) in [5.74, 6) is 0.597. The number of alkyl halides is 3. The van der Waals surface area contributed by atoms with Gasteiger partial charge in [0.1, 0.15) is 24.7 Å². The van der Waals surface area contributed by atoms with Gasteiger partial charge in [-0.05, 0) is 37.3 Å². The number of halogens is 3. The Morgan fingerprint density at radius 3 is 2.85 bits per heavy atom. The quantitative estimate of drug-likeness (QED) is 0.831. The lowest BCUT2D eigenvalue weighted by Crippen LogP contribution is -2.28. The maximum atomic E-state index is 13.2. The van der Waals surface area contributed by atoms with Crippen LogP contribution in [0.5, 0.6) is 5.75 Å². The Hall–Kier alpha value is -2.79. The van der Waals surface area contributed by atoms with E-state index in [1.807, 2.05) is 0 Å². The summed E-state index contributed by atoms with van der Waals surface area (Å²) in [5.41, 5.74) is -0.988. The number of benzene rings is 1. The van der Waals surface area contributed by atoms with Gasteiger partial charge in [0.25, 0.3) is 0 Å². The highest BCUT2D eigenvalue weighted by molar-refractivity contribution is 5.55. The lowest BCUT2D eigenvalue weighted by molar-refractivity contribution is -0.137. The topological polar surface area (TPSA) is 58.4 Å².